The molecule has 0 bridgehead atoms. The van der Waals surface area contributed by atoms with Crippen LogP contribution in [0.5, 0.6) is 0 Å². The molecule has 4 N–H and O–H groups in total. The molecule has 0 aliphatic heterocycles. The van der Waals surface area contributed by atoms with Crippen LogP contribution in [0.2, 0.25) is 0 Å². The van der Waals surface area contributed by atoms with Gasteiger partial charge in [-0.25, -0.2) is 0 Å². The van der Waals surface area contributed by atoms with Crippen LogP contribution in [-0.2, 0) is 0 Å². The number of nitrogens with one attached hydrogen (secondary N) is 4. The highest BCUT2D eigenvalue weighted by Gasteiger charge is 2.11. The molecule has 0 atom stereocenters. The number of hydrazine groups is 1. The molecule has 1 heterocycles. The lowest BCUT2D eigenvalue weighted by Gasteiger charge is -2.12. The minimum absolute atomic E-state index is 0.253. The predicted octanol–water partition coefficient (Wildman–Crippen LogP) is 3.11. The molecule has 1 aromatic heterocycles. The Bertz CT molecular complexity index is 872. The minimum Gasteiger partial charge on any atom is -0.360 e. The van der Waals surface area contributed by atoms with E-state index in [9.17, 15) is 4.79 Å². The summed E-state index contributed by atoms with van der Waals surface area (Å²) in [5, 5.41) is 4.24. The van der Waals surface area contributed by atoms with Gasteiger partial charge in [-0.15, -0.1) is 0 Å². The zero-order chi connectivity index (χ0) is 16.2. The number of carbonyl (C=O) groups is 1. The topological polar surface area (TPSA) is 68.9 Å². The normalized spacial score (nSPS) is 10.3. The van der Waals surface area contributed by atoms with Crippen molar-refractivity contribution in [1.82, 2.24) is 15.8 Å². The Morgan fingerprint density at radius 3 is 2.61 bits per heavy atom. The number of fused-ring (bicyclic) bond motifs is 1. The van der Waals surface area contributed by atoms with Crippen molar-refractivity contribution in [3.05, 3.63) is 65.9 Å². The molecule has 6 heteroatoms. The average molecular weight is 324 g/mol. The second-order valence-corrected chi connectivity index (χ2v) is 5.50. The molecule has 0 spiro atoms. The van der Waals surface area contributed by atoms with Gasteiger partial charge in [0.1, 0.15) is 0 Å². The Balaban J connectivity index is 1.63. The summed E-state index contributed by atoms with van der Waals surface area (Å²) >= 11 is 5.19. The van der Waals surface area contributed by atoms with Gasteiger partial charge in [-0.05, 0) is 36.8 Å². The Morgan fingerprint density at radius 2 is 1.78 bits per heavy atom. The van der Waals surface area contributed by atoms with Crippen LogP contribution in [-0.4, -0.2) is 16.0 Å². The number of amides is 1. The first-order valence-electron chi connectivity index (χ1n) is 7.14. The third-order valence-corrected chi connectivity index (χ3v) is 3.72. The van der Waals surface area contributed by atoms with E-state index in [0.717, 1.165) is 22.2 Å². The Morgan fingerprint density at radius 1 is 1.04 bits per heavy atom. The van der Waals surface area contributed by atoms with Crippen molar-refractivity contribution in [2.24, 2.45) is 0 Å². The van der Waals surface area contributed by atoms with E-state index < -0.39 is 0 Å². The predicted molar refractivity (Wildman–Crippen MR) is 96.3 cm³/mol. The fraction of sp³-hybridized carbons (Fsp3) is 0.0588. The summed E-state index contributed by atoms with van der Waals surface area (Å²) in [5.41, 5.74) is 8.76. The summed E-state index contributed by atoms with van der Waals surface area (Å²) in [6.07, 6.45) is 1.68. The molecule has 0 aliphatic rings. The lowest BCUT2D eigenvalue weighted by atomic mass is 10.2. The molecule has 5 nitrogen and oxygen atoms in total. The molecule has 0 aliphatic carbocycles. The van der Waals surface area contributed by atoms with Gasteiger partial charge in [-0.3, -0.25) is 15.6 Å². The van der Waals surface area contributed by atoms with Crippen LogP contribution in [0.4, 0.5) is 5.69 Å². The molecule has 2 aromatic carbocycles. The van der Waals surface area contributed by atoms with Gasteiger partial charge in [-0.2, -0.15) is 0 Å². The summed E-state index contributed by atoms with van der Waals surface area (Å²) < 4.78 is 0. The minimum atomic E-state index is -0.253. The van der Waals surface area contributed by atoms with Crippen molar-refractivity contribution >= 4 is 39.8 Å². The van der Waals surface area contributed by atoms with Crippen molar-refractivity contribution in [2.75, 3.05) is 5.32 Å². The third kappa shape index (κ3) is 3.32. The van der Waals surface area contributed by atoms with Crippen molar-refractivity contribution in [3.8, 4) is 0 Å². The standard InChI is InChI=1S/C17H16N4OS/c1-11-6-2-4-8-14(11)19-17(23)21-20-16(22)13-10-18-15-9-5-3-7-12(13)15/h2-10,18H,1H3,(H,20,22)(H2,19,21,23). The molecule has 0 unspecified atom stereocenters. The van der Waals surface area contributed by atoms with Crippen LogP contribution in [0.15, 0.2) is 54.7 Å². The first kappa shape index (κ1) is 15.1. The van der Waals surface area contributed by atoms with Gasteiger partial charge in [0.2, 0.25) is 0 Å². The van der Waals surface area contributed by atoms with Gasteiger partial charge in [0.15, 0.2) is 5.11 Å². The van der Waals surface area contributed by atoms with Gasteiger partial charge < -0.3 is 10.3 Å². The van der Waals surface area contributed by atoms with Crippen LogP contribution < -0.4 is 16.2 Å². The number of carbonyl (C=O) groups excluding carboxylic acids is 1. The van der Waals surface area contributed by atoms with Gasteiger partial charge in [0.25, 0.3) is 5.91 Å². The maximum Gasteiger partial charge on any atom is 0.271 e. The fourth-order valence-electron chi connectivity index (χ4n) is 2.31. The summed E-state index contributed by atoms with van der Waals surface area (Å²) in [6.45, 7) is 1.98. The zero-order valence-corrected chi connectivity index (χ0v) is 13.3. The number of benzene rings is 2. The van der Waals surface area contributed by atoms with E-state index in [2.05, 4.69) is 21.2 Å². The van der Waals surface area contributed by atoms with Crippen molar-refractivity contribution < 1.29 is 4.79 Å². The van der Waals surface area contributed by atoms with Gasteiger partial charge in [0.05, 0.1) is 5.56 Å². The highest BCUT2D eigenvalue weighted by molar-refractivity contribution is 7.80. The smallest absolute Gasteiger partial charge is 0.271 e. The molecule has 23 heavy (non-hydrogen) atoms. The van der Waals surface area contributed by atoms with E-state index in [4.69, 9.17) is 12.2 Å². The average Bonchev–Trinajstić information content (AvgIpc) is 2.99. The SMILES string of the molecule is Cc1ccccc1NC(=S)NNC(=O)c1c[nH]c2ccccc12. The maximum absolute atomic E-state index is 12.3. The highest BCUT2D eigenvalue weighted by Crippen LogP contribution is 2.17. The number of aryl methyl sites for hydroxylation is 1. The lowest BCUT2D eigenvalue weighted by Crippen LogP contribution is -2.43. The number of hydrogen-bond donors (Lipinski definition) is 4. The van der Waals surface area contributed by atoms with Gasteiger partial charge in [0, 0.05) is 22.8 Å². The van der Waals surface area contributed by atoms with Crippen LogP contribution in [0, 0.1) is 6.92 Å². The van der Waals surface area contributed by atoms with Crippen molar-refractivity contribution in [2.45, 2.75) is 6.92 Å². The second-order valence-electron chi connectivity index (χ2n) is 5.10. The van der Waals surface area contributed by atoms with E-state index >= 15 is 0 Å². The van der Waals surface area contributed by atoms with Crippen LogP contribution in [0.25, 0.3) is 10.9 Å². The molecule has 116 valence electrons. The molecule has 0 radical (unpaired) electrons. The number of thiocarbonyl (C=S) groups is 1. The van der Waals surface area contributed by atoms with Crippen molar-refractivity contribution in [1.29, 1.82) is 0 Å². The summed E-state index contributed by atoms with van der Waals surface area (Å²) in [7, 11) is 0. The number of anilines is 1. The van der Waals surface area contributed by atoms with E-state index in [-0.39, 0.29) is 5.91 Å². The summed E-state index contributed by atoms with van der Waals surface area (Å²) in [4.78, 5) is 15.3. The van der Waals surface area contributed by atoms with E-state index in [0.29, 0.717) is 10.7 Å². The van der Waals surface area contributed by atoms with Gasteiger partial charge >= 0.3 is 0 Å². The molecule has 3 aromatic rings. The van der Waals surface area contributed by atoms with Crippen LogP contribution >= 0.6 is 12.2 Å². The quantitative estimate of drug-likeness (QED) is 0.432. The highest BCUT2D eigenvalue weighted by atomic mass is 32.1. The number of hydrogen-bond acceptors (Lipinski definition) is 2. The summed E-state index contributed by atoms with van der Waals surface area (Å²) in [6, 6.07) is 15.4. The molecule has 0 saturated carbocycles. The number of aromatic nitrogens is 1. The van der Waals surface area contributed by atoms with Gasteiger partial charge in [-0.1, -0.05) is 36.4 Å². The largest absolute Gasteiger partial charge is 0.360 e. The number of aromatic amines is 1. The Labute approximate surface area is 139 Å². The lowest BCUT2D eigenvalue weighted by molar-refractivity contribution is 0.0946. The fourth-order valence-corrected chi connectivity index (χ4v) is 2.47. The zero-order valence-electron chi connectivity index (χ0n) is 12.5. The first-order valence-corrected chi connectivity index (χ1v) is 7.55. The second kappa shape index (κ2) is 6.50. The van der Waals surface area contributed by atoms with E-state index in [1.165, 1.54) is 0 Å². The maximum atomic E-state index is 12.3. The van der Waals surface area contributed by atoms with Crippen LogP contribution in [0.1, 0.15) is 15.9 Å². The monoisotopic (exact) mass is 324 g/mol. The molecule has 0 saturated heterocycles. The molecule has 3 rings (SSSR count). The Kier molecular flexibility index (Phi) is 4.25. The summed E-state index contributed by atoms with van der Waals surface area (Å²) in [5.74, 6) is -0.253. The molecular weight excluding hydrogens is 308 g/mol. The van der Waals surface area contributed by atoms with Crippen molar-refractivity contribution in [3.63, 3.8) is 0 Å². The molecular formula is C17H16N4OS. The van der Waals surface area contributed by atoms with E-state index in [1.807, 2.05) is 55.5 Å². The number of para-hydroxylation sites is 2. The van der Waals surface area contributed by atoms with E-state index in [1.54, 1.807) is 6.20 Å². The Hall–Kier alpha value is -2.86. The third-order valence-electron chi connectivity index (χ3n) is 3.52. The molecule has 0 fully saturated rings. The first-order chi connectivity index (χ1) is 11.1. The molecule has 1 amide bonds. The number of H-pyrrole nitrogens is 1. The number of rotatable bonds is 2. The van der Waals surface area contributed by atoms with Crippen LogP contribution in [0.3, 0.4) is 0 Å².